The largest absolute Gasteiger partial charge is 0.376 e. The molecule has 1 aliphatic heterocycles. The van der Waals surface area contributed by atoms with E-state index in [0.717, 1.165) is 19.6 Å². The van der Waals surface area contributed by atoms with E-state index in [-0.39, 0.29) is 0 Å². The summed E-state index contributed by atoms with van der Waals surface area (Å²) in [5.41, 5.74) is 2.43. The highest BCUT2D eigenvalue weighted by atomic mass is 127. The fourth-order valence-corrected chi connectivity index (χ4v) is 3.16. The maximum atomic E-state index is 5.76. The molecule has 0 saturated carbocycles. The molecule has 1 atom stereocenters. The van der Waals surface area contributed by atoms with Crippen molar-refractivity contribution in [3.63, 3.8) is 0 Å². The Balaban J connectivity index is 1.74. The van der Waals surface area contributed by atoms with Crippen LogP contribution >= 0.6 is 22.6 Å². The molecule has 1 fully saturated rings. The minimum absolute atomic E-state index is 0.330. The predicted molar refractivity (Wildman–Crippen MR) is 84.0 cm³/mol. The molecule has 19 heavy (non-hydrogen) atoms. The van der Waals surface area contributed by atoms with Gasteiger partial charge in [-0.25, -0.2) is 0 Å². The highest BCUT2D eigenvalue weighted by molar-refractivity contribution is 14.1. The van der Waals surface area contributed by atoms with Crippen molar-refractivity contribution in [2.24, 2.45) is 0 Å². The molecule has 0 amide bonds. The van der Waals surface area contributed by atoms with Gasteiger partial charge in [0.2, 0.25) is 0 Å². The van der Waals surface area contributed by atoms with E-state index in [4.69, 9.17) is 4.74 Å². The average molecular weight is 368 g/mol. The molecule has 1 aliphatic rings. The van der Waals surface area contributed by atoms with Crippen LogP contribution in [0.3, 0.4) is 0 Å². The van der Waals surface area contributed by atoms with Gasteiger partial charge in [0.1, 0.15) is 0 Å². The molecule has 0 bridgehead atoms. The second-order valence-electron chi connectivity index (χ2n) is 4.92. The summed E-state index contributed by atoms with van der Waals surface area (Å²) in [6.07, 6.45) is 8.02. The molecule has 1 saturated heterocycles. The zero-order valence-corrected chi connectivity index (χ0v) is 12.9. The number of ether oxygens (including phenoxy) is 1. The molecule has 0 aliphatic carbocycles. The van der Waals surface area contributed by atoms with Crippen molar-refractivity contribution in [1.29, 1.82) is 0 Å². The van der Waals surface area contributed by atoms with Gasteiger partial charge in [-0.2, -0.15) is 5.10 Å². The van der Waals surface area contributed by atoms with Crippen LogP contribution in [-0.4, -0.2) is 22.5 Å². The van der Waals surface area contributed by atoms with Crippen LogP contribution in [0.2, 0.25) is 0 Å². The molecule has 3 nitrogen and oxygen atoms in total. The molecular weight excluding hydrogens is 351 g/mol. The van der Waals surface area contributed by atoms with E-state index in [1.165, 1.54) is 27.5 Å². The van der Waals surface area contributed by atoms with E-state index < -0.39 is 0 Å². The summed E-state index contributed by atoms with van der Waals surface area (Å²) in [7, 11) is 0. The first-order valence-corrected chi connectivity index (χ1v) is 7.80. The summed E-state index contributed by atoms with van der Waals surface area (Å²) in [6.45, 7) is 1.76. The van der Waals surface area contributed by atoms with Crippen LogP contribution in [0.15, 0.2) is 36.7 Å². The van der Waals surface area contributed by atoms with Crippen LogP contribution in [0.5, 0.6) is 0 Å². The van der Waals surface area contributed by atoms with E-state index in [0.29, 0.717) is 6.10 Å². The van der Waals surface area contributed by atoms with Crippen molar-refractivity contribution in [2.45, 2.75) is 31.9 Å². The summed E-state index contributed by atoms with van der Waals surface area (Å²) in [6, 6.07) is 8.39. The maximum absolute atomic E-state index is 5.76. The van der Waals surface area contributed by atoms with Crippen LogP contribution in [0, 0.1) is 3.57 Å². The van der Waals surface area contributed by atoms with E-state index in [1.54, 1.807) is 0 Å². The fraction of sp³-hybridized carbons (Fsp3) is 0.400. The topological polar surface area (TPSA) is 27.1 Å². The van der Waals surface area contributed by atoms with Gasteiger partial charge < -0.3 is 4.74 Å². The third-order valence-corrected chi connectivity index (χ3v) is 4.42. The van der Waals surface area contributed by atoms with Crippen LogP contribution in [0.4, 0.5) is 0 Å². The van der Waals surface area contributed by atoms with Crippen LogP contribution in [0.25, 0.3) is 11.1 Å². The van der Waals surface area contributed by atoms with E-state index >= 15 is 0 Å². The van der Waals surface area contributed by atoms with Gasteiger partial charge in [-0.15, -0.1) is 0 Å². The van der Waals surface area contributed by atoms with Crippen LogP contribution in [-0.2, 0) is 11.3 Å². The number of benzene rings is 1. The first-order valence-electron chi connectivity index (χ1n) is 6.72. The lowest BCUT2D eigenvalue weighted by atomic mass is 10.1. The molecule has 0 radical (unpaired) electrons. The minimum Gasteiger partial charge on any atom is -0.376 e. The Hall–Kier alpha value is -0.880. The molecule has 0 N–H and O–H groups in total. The van der Waals surface area contributed by atoms with Gasteiger partial charge in [-0.1, -0.05) is 18.2 Å². The average Bonchev–Trinajstić information content (AvgIpc) is 2.89. The van der Waals surface area contributed by atoms with Crippen molar-refractivity contribution in [3.05, 3.63) is 40.2 Å². The highest BCUT2D eigenvalue weighted by Crippen LogP contribution is 2.24. The standard InChI is InChI=1S/C15H17IN2O/c16-15-7-2-1-6-14(15)12-9-17-18(10-12)11-13-5-3-4-8-19-13/h1-2,6-7,9-10,13H,3-5,8,11H2. The summed E-state index contributed by atoms with van der Waals surface area (Å²) in [5.74, 6) is 0. The second-order valence-corrected chi connectivity index (χ2v) is 6.08. The van der Waals surface area contributed by atoms with Gasteiger partial charge in [0.15, 0.2) is 0 Å². The van der Waals surface area contributed by atoms with Crippen molar-refractivity contribution >= 4 is 22.6 Å². The Morgan fingerprint density at radius 3 is 3.00 bits per heavy atom. The van der Waals surface area contributed by atoms with E-state index in [1.807, 2.05) is 10.9 Å². The Labute approximate surface area is 127 Å². The molecule has 2 heterocycles. The lowest BCUT2D eigenvalue weighted by molar-refractivity contribution is 0.00400. The molecule has 100 valence electrons. The molecule has 3 rings (SSSR count). The van der Waals surface area contributed by atoms with E-state index in [2.05, 4.69) is 58.2 Å². The number of aromatic nitrogens is 2. The Bertz CT molecular complexity index is 547. The van der Waals surface area contributed by atoms with Crippen LogP contribution < -0.4 is 0 Å². The number of nitrogens with zero attached hydrogens (tertiary/aromatic N) is 2. The minimum atomic E-state index is 0.330. The normalized spacial score (nSPS) is 19.5. The molecule has 2 aromatic rings. The van der Waals surface area contributed by atoms with Crippen LogP contribution in [0.1, 0.15) is 19.3 Å². The van der Waals surface area contributed by atoms with Gasteiger partial charge in [0.05, 0.1) is 18.8 Å². The fourth-order valence-electron chi connectivity index (χ4n) is 2.46. The lowest BCUT2D eigenvalue weighted by Crippen LogP contribution is -2.24. The summed E-state index contributed by atoms with van der Waals surface area (Å²) in [5, 5.41) is 4.46. The lowest BCUT2D eigenvalue weighted by Gasteiger charge is -2.22. The van der Waals surface area contributed by atoms with Gasteiger partial charge in [0.25, 0.3) is 0 Å². The third kappa shape index (κ3) is 3.17. The monoisotopic (exact) mass is 368 g/mol. The van der Waals surface area contributed by atoms with E-state index in [9.17, 15) is 0 Å². The maximum Gasteiger partial charge on any atom is 0.0770 e. The van der Waals surface area contributed by atoms with Gasteiger partial charge in [0, 0.05) is 21.9 Å². The summed E-state index contributed by atoms with van der Waals surface area (Å²) >= 11 is 2.37. The molecule has 1 aromatic heterocycles. The number of hydrogen-bond donors (Lipinski definition) is 0. The quantitative estimate of drug-likeness (QED) is 0.773. The zero-order valence-electron chi connectivity index (χ0n) is 10.8. The summed E-state index contributed by atoms with van der Waals surface area (Å²) in [4.78, 5) is 0. The Kier molecular flexibility index (Phi) is 4.18. The second kappa shape index (κ2) is 6.05. The number of hydrogen-bond acceptors (Lipinski definition) is 2. The predicted octanol–water partition coefficient (Wildman–Crippen LogP) is 3.72. The zero-order chi connectivity index (χ0) is 13.1. The van der Waals surface area contributed by atoms with Gasteiger partial charge in [-0.05, 0) is 53.5 Å². The molecule has 1 aromatic carbocycles. The van der Waals surface area contributed by atoms with Crippen molar-refractivity contribution in [3.8, 4) is 11.1 Å². The number of halogens is 1. The van der Waals surface area contributed by atoms with Crippen molar-refractivity contribution < 1.29 is 4.74 Å². The molecule has 0 spiro atoms. The Morgan fingerprint density at radius 1 is 1.32 bits per heavy atom. The van der Waals surface area contributed by atoms with Crippen molar-refractivity contribution in [2.75, 3.05) is 6.61 Å². The highest BCUT2D eigenvalue weighted by Gasteiger charge is 2.15. The SMILES string of the molecule is Ic1ccccc1-c1cnn(CC2CCCCO2)c1. The van der Waals surface area contributed by atoms with Gasteiger partial charge in [-0.3, -0.25) is 4.68 Å². The first-order chi connectivity index (χ1) is 9.33. The summed E-state index contributed by atoms with van der Waals surface area (Å²) < 4.78 is 9.02. The van der Waals surface area contributed by atoms with Crippen molar-refractivity contribution in [1.82, 2.24) is 9.78 Å². The molecular formula is C15H17IN2O. The third-order valence-electron chi connectivity index (χ3n) is 3.48. The molecule has 4 heteroatoms. The first kappa shape index (κ1) is 13.1. The molecule has 1 unspecified atom stereocenters. The Morgan fingerprint density at radius 2 is 2.21 bits per heavy atom. The van der Waals surface area contributed by atoms with Gasteiger partial charge >= 0.3 is 0 Å². The smallest absolute Gasteiger partial charge is 0.0770 e. The number of rotatable bonds is 3.